The number of amides is 1. The predicted molar refractivity (Wildman–Crippen MR) is 95.3 cm³/mol. The maximum absolute atomic E-state index is 12.6. The lowest BCUT2D eigenvalue weighted by atomic mass is 9.86. The second-order valence-corrected chi connectivity index (χ2v) is 8.99. The van der Waals surface area contributed by atoms with Gasteiger partial charge in [0.2, 0.25) is 15.9 Å². The normalized spacial score (nSPS) is 21.7. The van der Waals surface area contributed by atoms with Gasteiger partial charge in [0.15, 0.2) is 0 Å². The molecule has 0 saturated heterocycles. The molecule has 24 heavy (non-hydrogen) atoms. The average Bonchev–Trinajstić information content (AvgIpc) is 2.52. The molecular weight excluding hydrogens is 324 g/mol. The van der Waals surface area contributed by atoms with Gasteiger partial charge >= 0.3 is 0 Å². The summed E-state index contributed by atoms with van der Waals surface area (Å²) >= 11 is 0. The standard InChI is InChI=1S/C18H28N2O3S/c1-13-9-10-16(11-15(13)3)24(22,23)20(4)12-18(21)19-17-8-6-5-7-14(17)2/h9-11,14,17H,5-8,12H2,1-4H3,(H,19,21)/t14-,17+/m1/s1. The van der Waals surface area contributed by atoms with Crippen molar-refractivity contribution in [3.8, 4) is 0 Å². The van der Waals surface area contributed by atoms with Crippen LogP contribution in [-0.4, -0.2) is 38.3 Å². The van der Waals surface area contributed by atoms with Crippen LogP contribution in [0.25, 0.3) is 0 Å². The molecule has 1 aromatic rings. The number of nitrogens with one attached hydrogen (secondary N) is 1. The van der Waals surface area contributed by atoms with E-state index in [1.165, 1.54) is 13.5 Å². The van der Waals surface area contributed by atoms with E-state index in [-0.39, 0.29) is 23.4 Å². The molecule has 1 fully saturated rings. The van der Waals surface area contributed by atoms with E-state index in [0.717, 1.165) is 34.7 Å². The first-order valence-corrected chi connectivity index (χ1v) is 9.99. The third-order valence-electron chi connectivity index (χ3n) is 5.01. The Balaban J connectivity index is 2.03. The number of carbonyl (C=O) groups is 1. The Labute approximate surface area is 145 Å². The summed E-state index contributed by atoms with van der Waals surface area (Å²) < 4.78 is 26.4. The highest BCUT2D eigenvalue weighted by molar-refractivity contribution is 7.89. The second-order valence-electron chi connectivity index (χ2n) is 6.94. The monoisotopic (exact) mass is 352 g/mol. The summed E-state index contributed by atoms with van der Waals surface area (Å²) in [6.07, 6.45) is 4.41. The van der Waals surface area contributed by atoms with Crippen molar-refractivity contribution in [3.05, 3.63) is 29.3 Å². The molecule has 1 aromatic carbocycles. The minimum atomic E-state index is -3.66. The van der Waals surface area contributed by atoms with Gasteiger partial charge in [0.05, 0.1) is 11.4 Å². The SMILES string of the molecule is Cc1ccc(S(=O)(=O)N(C)CC(=O)N[C@H]2CCCC[C@H]2C)cc1C. The quantitative estimate of drug-likeness (QED) is 0.886. The molecule has 0 heterocycles. The number of benzene rings is 1. The van der Waals surface area contributed by atoms with Gasteiger partial charge in [0.1, 0.15) is 0 Å². The Kier molecular flexibility index (Phi) is 6.04. The van der Waals surface area contributed by atoms with E-state index in [2.05, 4.69) is 12.2 Å². The molecule has 2 rings (SSSR count). The molecule has 134 valence electrons. The van der Waals surface area contributed by atoms with Crippen molar-refractivity contribution in [1.82, 2.24) is 9.62 Å². The van der Waals surface area contributed by atoms with Gasteiger partial charge in [-0.05, 0) is 55.9 Å². The van der Waals surface area contributed by atoms with Crippen molar-refractivity contribution in [2.24, 2.45) is 5.92 Å². The molecule has 2 atom stereocenters. The summed E-state index contributed by atoms with van der Waals surface area (Å²) in [5.41, 5.74) is 1.96. The summed E-state index contributed by atoms with van der Waals surface area (Å²) in [4.78, 5) is 12.5. The Hall–Kier alpha value is -1.40. The number of hydrogen-bond donors (Lipinski definition) is 1. The Morgan fingerprint density at radius 1 is 1.21 bits per heavy atom. The minimum Gasteiger partial charge on any atom is -0.352 e. The maximum Gasteiger partial charge on any atom is 0.243 e. The zero-order valence-electron chi connectivity index (χ0n) is 15.0. The molecule has 0 aromatic heterocycles. The van der Waals surface area contributed by atoms with Crippen LogP contribution in [0.2, 0.25) is 0 Å². The van der Waals surface area contributed by atoms with Crippen LogP contribution in [0.3, 0.4) is 0 Å². The first kappa shape index (κ1) is 18.9. The van der Waals surface area contributed by atoms with Gasteiger partial charge in [0.25, 0.3) is 0 Å². The van der Waals surface area contributed by atoms with Crippen molar-refractivity contribution < 1.29 is 13.2 Å². The molecule has 1 aliphatic carbocycles. The Morgan fingerprint density at radius 2 is 1.88 bits per heavy atom. The molecule has 1 aliphatic rings. The van der Waals surface area contributed by atoms with Crippen LogP contribution in [-0.2, 0) is 14.8 Å². The predicted octanol–water partition coefficient (Wildman–Crippen LogP) is 2.62. The van der Waals surface area contributed by atoms with E-state index in [1.807, 2.05) is 13.8 Å². The van der Waals surface area contributed by atoms with Crippen LogP contribution in [0.15, 0.2) is 23.1 Å². The van der Waals surface area contributed by atoms with Gasteiger partial charge in [0, 0.05) is 13.1 Å². The lowest BCUT2D eigenvalue weighted by Crippen LogP contribution is -2.46. The molecule has 6 heteroatoms. The van der Waals surface area contributed by atoms with Gasteiger partial charge < -0.3 is 5.32 Å². The number of hydrogen-bond acceptors (Lipinski definition) is 3. The minimum absolute atomic E-state index is 0.154. The van der Waals surface area contributed by atoms with Gasteiger partial charge in [-0.1, -0.05) is 25.8 Å². The molecule has 1 N–H and O–H groups in total. The fourth-order valence-electron chi connectivity index (χ4n) is 3.12. The molecule has 1 amide bonds. The molecule has 0 bridgehead atoms. The smallest absolute Gasteiger partial charge is 0.243 e. The van der Waals surface area contributed by atoms with Crippen molar-refractivity contribution in [3.63, 3.8) is 0 Å². The van der Waals surface area contributed by atoms with Gasteiger partial charge in [-0.3, -0.25) is 4.79 Å². The van der Waals surface area contributed by atoms with Crippen LogP contribution in [0.1, 0.15) is 43.7 Å². The zero-order chi connectivity index (χ0) is 17.9. The van der Waals surface area contributed by atoms with Crippen LogP contribution < -0.4 is 5.32 Å². The van der Waals surface area contributed by atoms with Crippen LogP contribution in [0.4, 0.5) is 0 Å². The first-order chi connectivity index (χ1) is 11.2. The topological polar surface area (TPSA) is 66.5 Å². The Morgan fingerprint density at radius 3 is 2.50 bits per heavy atom. The number of aryl methyl sites for hydroxylation is 2. The summed E-state index contributed by atoms with van der Waals surface area (Å²) in [6, 6.07) is 5.20. The first-order valence-electron chi connectivity index (χ1n) is 8.55. The highest BCUT2D eigenvalue weighted by Crippen LogP contribution is 2.24. The molecule has 5 nitrogen and oxygen atoms in total. The third-order valence-corrected chi connectivity index (χ3v) is 6.81. The highest BCUT2D eigenvalue weighted by Gasteiger charge is 2.26. The van der Waals surface area contributed by atoms with E-state index in [4.69, 9.17) is 0 Å². The van der Waals surface area contributed by atoms with E-state index in [1.54, 1.807) is 18.2 Å². The van der Waals surface area contributed by atoms with E-state index < -0.39 is 10.0 Å². The van der Waals surface area contributed by atoms with E-state index >= 15 is 0 Å². The number of carbonyl (C=O) groups excluding carboxylic acids is 1. The van der Waals surface area contributed by atoms with Gasteiger partial charge in [-0.15, -0.1) is 0 Å². The molecule has 0 unspecified atom stereocenters. The van der Waals surface area contributed by atoms with Crippen LogP contribution >= 0.6 is 0 Å². The molecule has 0 aliphatic heterocycles. The zero-order valence-corrected chi connectivity index (χ0v) is 15.8. The number of sulfonamides is 1. The maximum atomic E-state index is 12.6. The van der Waals surface area contributed by atoms with Crippen molar-refractivity contribution in [2.75, 3.05) is 13.6 Å². The summed E-state index contributed by atoms with van der Waals surface area (Å²) in [7, 11) is -2.20. The lowest BCUT2D eigenvalue weighted by Gasteiger charge is -2.30. The van der Waals surface area contributed by atoms with Crippen LogP contribution in [0.5, 0.6) is 0 Å². The number of rotatable bonds is 5. The molecule has 0 spiro atoms. The average molecular weight is 353 g/mol. The second kappa shape index (κ2) is 7.66. The van der Waals surface area contributed by atoms with Gasteiger partial charge in [-0.25, -0.2) is 8.42 Å². The van der Waals surface area contributed by atoms with Crippen molar-refractivity contribution in [1.29, 1.82) is 0 Å². The molecule has 0 radical (unpaired) electrons. The van der Waals surface area contributed by atoms with Gasteiger partial charge in [-0.2, -0.15) is 4.31 Å². The summed E-state index contributed by atoms with van der Waals surface area (Å²) in [5, 5.41) is 3.00. The van der Waals surface area contributed by atoms with Crippen molar-refractivity contribution in [2.45, 2.75) is 57.4 Å². The number of nitrogens with zero attached hydrogens (tertiary/aromatic N) is 1. The summed E-state index contributed by atoms with van der Waals surface area (Å²) in [5.74, 6) is 0.216. The molecule has 1 saturated carbocycles. The summed E-state index contributed by atoms with van der Waals surface area (Å²) in [6.45, 7) is 5.80. The lowest BCUT2D eigenvalue weighted by molar-refractivity contribution is -0.122. The van der Waals surface area contributed by atoms with Crippen LogP contribution in [0, 0.1) is 19.8 Å². The number of likely N-dealkylation sites (N-methyl/N-ethyl adjacent to an activating group) is 1. The Bertz CT molecular complexity index is 700. The van der Waals surface area contributed by atoms with Crippen molar-refractivity contribution >= 4 is 15.9 Å². The fourth-order valence-corrected chi connectivity index (χ4v) is 4.34. The van der Waals surface area contributed by atoms with E-state index in [9.17, 15) is 13.2 Å². The third kappa shape index (κ3) is 4.36. The largest absolute Gasteiger partial charge is 0.352 e. The molecular formula is C18H28N2O3S. The van der Waals surface area contributed by atoms with E-state index in [0.29, 0.717) is 5.92 Å². The fraction of sp³-hybridized carbons (Fsp3) is 0.611. The highest BCUT2D eigenvalue weighted by atomic mass is 32.2.